The summed E-state index contributed by atoms with van der Waals surface area (Å²) in [5, 5.41) is 11.1. The first-order chi connectivity index (χ1) is 15.0. The number of carbonyl (C=O) groups is 1. The maximum absolute atomic E-state index is 12.5. The second-order valence-electron chi connectivity index (χ2n) is 6.44. The fourth-order valence-electron chi connectivity index (χ4n) is 2.91. The summed E-state index contributed by atoms with van der Waals surface area (Å²) in [6.45, 7) is 1.78. The molecule has 9 heteroatoms. The maximum atomic E-state index is 12.5. The average Bonchev–Trinajstić information content (AvgIpc) is 3.31. The van der Waals surface area contributed by atoms with E-state index in [1.165, 1.54) is 0 Å². The second kappa shape index (κ2) is 9.66. The summed E-state index contributed by atoms with van der Waals surface area (Å²) in [7, 11) is 6.27. The molecule has 162 valence electrons. The highest BCUT2D eigenvalue weighted by molar-refractivity contribution is 6.01. The highest BCUT2D eigenvalue weighted by atomic mass is 16.5. The van der Waals surface area contributed by atoms with E-state index in [-0.39, 0.29) is 5.69 Å². The minimum atomic E-state index is -0.430. The molecular formula is C22H24N4O5. The molecule has 0 saturated carbocycles. The number of aromatic amines is 1. The third kappa shape index (κ3) is 4.77. The molecule has 0 aliphatic rings. The Hall–Kier alpha value is -4.01. The number of aromatic nitrogens is 2. The topological polar surface area (TPSA) is 107 Å². The standard InChI is InChI=1S/C22H24N4O5/c1-13(14-6-8-20(30-4)21(10-14)31-5)23-26-22(27)18-12-17(24-25-18)16-11-15(28-2)7-9-19(16)29-3/h6-12H,1-5H3,(H,24,25)(H,26,27)/b23-13-. The minimum absolute atomic E-state index is 0.253. The number of carbonyl (C=O) groups excluding carboxylic acids is 1. The molecule has 2 N–H and O–H groups in total. The van der Waals surface area contributed by atoms with E-state index in [1.807, 2.05) is 6.07 Å². The van der Waals surface area contributed by atoms with Gasteiger partial charge in [-0.3, -0.25) is 9.89 Å². The Morgan fingerprint density at radius 2 is 1.61 bits per heavy atom. The lowest BCUT2D eigenvalue weighted by Gasteiger charge is -2.09. The van der Waals surface area contributed by atoms with Crippen LogP contribution in [-0.2, 0) is 0 Å². The van der Waals surface area contributed by atoms with Gasteiger partial charge in [0.05, 0.1) is 39.8 Å². The Morgan fingerprint density at radius 1 is 0.903 bits per heavy atom. The minimum Gasteiger partial charge on any atom is -0.497 e. The van der Waals surface area contributed by atoms with Crippen LogP contribution >= 0.6 is 0 Å². The number of hydrogen-bond acceptors (Lipinski definition) is 7. The summed E-state index contributed by atoms with van der Waals surface area (Å²) in [6, 6.07) is 12.4. The number of H-pyrrole nitrogens is 1. The first-order valence-electron chi connectivity index (χ1n) is 9.35. The van der Waals surface area contributed by atoms with E-state index in [0.717, 1.165) is 5.56 Å². The monoisotopic (exact) mass is 424 g/mol. The Balaban J connectivity index is 1.77. The van der Waals surface area contributed by atoms with Crippen LogP contribution in [0.25, 0.3) is 11.3 Å². The Morgan fingerprint density at radius 3 is 2.29 bits per heavy atom. The van der Waals surface area contributed by atoms with Crippen molar-refractivity contribution in [3.63, 3.8) is 0 Å². The number of ether oxygens (including phenoxy) is 4. The predicted octanol–water partition coefficient (Wildman–Crippen LogP) is 3.27. The molecule has 3 aromatic rings. The van der Waals surface area contributed by atoms with Gasteiger partial charge in [0.15, 0.2) is 11.5 Å². The van der Waals surface area contributed by atoms with Crippen LogP contribution in [0.2, 0.25) is 0 Å². The highest BCUT2D eigenvalue weighted by Crippen LogP contribution is 2.32. The summed E-state index contributed by atoms with van der Waals surface area (Å²) in [4.78, 5) is 12.5. The molecule has 0 bridgehead atoms. The van der Waals surface area contributed by atoms with Gasteiger partial charge in [-0.1, -0.05) is 0 Å². The van der Waals surface area contributed by atoms with E-state index in [0.29, 0.717) is 40.0 Å². The van der Waals surface area contributed by atoms with Crippen LogP contribution in [0.4, 0.5) is 0 Å². The molecule has 0 unspecified atom stereocenters. The Bertz CT molecular complexity index is 1110. The number of amides is 1. The van der Waals surface area contributed by atoms with Crippen LogP contribution in [0.1, 0.15) is 23.0 Å². The van der Waals surface area contributed by atoms with Crippen LogP contribution in [0.15, 0.2) is 47.6 Å². The van der Waals surface area contributed by atoms with Crippen LogP contribution < -0.4 is 24.4 Å². The molecule has 1 heterocycles. The van der Waals surface area contributed by atoms with Crippen LogP contribution in [0.5, 0.6) is 23.0 Å². The van der Waals surface area contributed by atoms with Gasteiger partial charge in [0.25, 0.3) is 5.91 Å². The molecule has 31 heavy (non-hydrogen) atoms. The molecule has 0 aliphatic heterocycles. The molecule has 0 saturated heterocycles. The number of benzene rings is 2. The highest BCUT2D eigenvalue weighted by Gasteiger charge is 2.15. The van der Waals surface area contributed by atoms with Crippen molar-refractivity contribution in [3.8, 4) is 34.3 Å². The summed E-state index contributed by atoms with van der Waals surface area (Å²) in [5.74, 6) is 2.02. The SMILES string of the molecule is COc1ccc(OC)c(-c2cc(C(=O)N/N=C(/C)c3ccc(OC)c(OC)c3)[nH]n2)c1. The van der Waals surface area contributed by atoms with Gasteiger partial charge in [0.2, 0.25) is 0 Å². The third-order valence-electron chi connectivity index (χ3n) is 4.63. The Labute approximate surface area is 180 Å². The number of hydrogen-bond donors (Lipinski definition) is 2. The largest absolute Gasteiger partial charge is 0.497 e. The summed E-state index contributed by atoms with van der Waals surface area (Å²) >= 11 is 0. The van der Waals surface area contributed by atoms with Crippen molar-refractivity contribution in [2.75, 3.05) is 28.4 Å². The van der Waals surface area contributed by atoms with E-state index in [4.69, 9.17) is 18.9 Å². The smallest absolute Gasteiger partial charge is 0.289 e. The molecule has 3 rings (SSSR count). The summed E-state index contributed by atoms with van der Waals surface area (Å²) in [6.07, 6.45) is 0. The molecule has 0 spiro atoms. The van der Waals surface area contributed by atoms with Gasteiger partial charge in [-0.25, -0.2) is 5.43 Å². The number of methoxy groups -OCH3 is 4. The first-order valence-corrected chi connectivity index (χ1v) is 9.35. The molecule has 0 fully saturated rings. The molecule has 0 atom stereocenters. The van der Waals surface area contributed by atoms with Crippen LogP contribution in [0, 0.1) is 0 Å². The zero-order chi connectivity index (χ0) is 22.4. The number of hydrazone groups is 1. The lowest BCUT2D eigenvalue weighted by atomic mass is 10.1. The lowest BCUT2D eigenvalue weighted by molar-refractivity contribution is 0.0950. The van der Waals surface area contributed by atoms with Crippen molar-refractivity contribution in [3.05, 3.63) is 53.7 Å². The molecule has 2 aromatic carbocycles. The predicted molar refractivity (Wildman–Crippen MR) is 116 cm³/mol. The van der Waals surface area contributed by atoms with Crippen LogP contribution in [-0.4, -0.2) is 50.3 Å². The lowest BCUT2D eigenvalue weighted by Crippen LogP contribution is -2.19. The van der Waals surface area contributed by atoms with E-state index >= 15 is 0 Å². The normalized spacial score (nSPS) is 11.1. The zero-order valence-corrected chi connectivity index (χ0v) is 18.0. The summed E-state index contributed by atoms with van der Waals surface area (Å²) < 4.78 is 21.2. The van der Waals surface area contributed by atoms with Gasteiger partial charge in [-0.05, 0) is 49.4 Å². The van der Waals surface area contributed by atoms with E-state index in [9.17, 15) is 4.79 Å². The van der Waals surface area contributed by atoms with Gasteiger partial charge in [0.1, 0.15) is 17.2 Å². The van der Waals surface area contributed by atoms with Crippen molar-refractivity contribution in [1.82, 2.24) is 15.6 Å². The van der Waals surface area contributed by atoms with Crippen molar-refractivity contribution < 1.29 is 23.7 Å². The van der Waals surface area contributed by atoms with Gasteiger partial charge in [-0.15, -0.1) is 0 Å². The van der Waals surface area contributed by atoms with Crippen molar-refractivity contribution in [1.29, 1.82) is 0 Å². The molecule has 9 nitrogen and oxygen atoms in total. The third-order valence-corrected chi connectivity index (χ3v) is 4.63. The fourth-order valence-corrected chi connectivity index (χ4v) is 2.91. The molecule has 1 aromatic heterocycles. The van der Waals surface area contributed by atoms with Gasteiger partial charge < -0.3 is 18.9 Å². The van der Waals surface area contributed by atoms with E-state index in [2.05, 4.69) is 20.7 Å². The van der Waals surface area contributed by atoms with Gasteiger partial charge in [-0.2, -0.15) is 10.2 Å². The number of rotatable bonds is 8. The van der Waals surface area contributed by atoms with Crippen molar-refractivity contribution >= 4 is 11.6 Å². The molecule has 0 radical (unpaired) electrons. The van der Waals surface area contributed by atoms with E-state index in [1.54, 1.807) is 71.8 Å². The first kappa shape index (κ1) is 21.7. The van der Waals surface area contributed by atoms with Gasteiger partial charge >= 0.3 is 0 Å². The number of nitrogens with one attached hydrogen (secondary N) is 2. The number of nitrogens with zero attached hydrogens (tertiary/aromatic N) is 2. The van der Waals surface area contributed by atoms with Gasteiger partial charge in [0, 0.05) is 11.1 Å². The van der Waals surface area contributed by atoms with E-state index < -0.39 is 5.91 Å². The molecular weight excluding hydrogens is 400 g/mol. The summed E-state index contributed by atoms with van der Waals surface area (Å²) in [5.41, 5.74) is 5.40. The quantitative estimate of drug-likeness (QED) is 0.425. The second-order valence-corrected chi connectivity index (χ2v) is 6.44. The van der Waals surface area contributed by atoms with Crippen molar-refractivity contribution in [2.45, 2.75) is 6.92 Å². The zero-order valence-electron chi connectivity index (χ0n) is 18.0. The average molecular weight is 424 g/mol. The molecule has 1 amide bonds. The maximum Gasteiger partial charge on any atom is 0.289 e. The van der Waals surface area contributed by atoms with Crippen molar-refractivity contribution in [2.24, 2.45) is 5.10 Å². The fraction of sp³-hybridized carbons (Fsp3) is 0.227. The molecule has 0 aliphatic carbocycles. The van der Waals surface area contributed by atoms with Crippen LogP contribution in [0.3, 0.4) is 0 Å². The Kier molecular flexibility index (Phi) is 6.76.